The molecule has 1 aliphatic carbocycles. The number of benzene rings is 1. The minimum absolute atomic E-state index is 0.316. The van der Waals surface area contributed by atoms with Gasteiger partial charge in [0.2, 0.25) is 0 Å². The van der Waals surface area contributed by atoms with E-state index in [-0.39, 0.29) is 6.10 Å². The van der Waals surface area contributed by atoms with Crippen LogP contribution < -0.4 is 0 Å². The second-order valence-corrected chi connectivity index (χ2v) is 6.07. The molecular weight excluding hydrogens is 240 g/mol. The van der Waals surface area contributed by atoms with Crippen LogP contribution in [0.4, 0.5) is 0 Å². The molecule has 1 unspecified atom stereocenters. The van der Waals surface area contributed by atoms with E-state index in [1.807, 2.05) is 6.07 Å². The Bertz CT molecular complexity index is 500. The first-order chi connectivity index (χ1) is 8.84. The normalized spacial score (nSPS) is 16.7. The maximum absolute atomic E-state index is 10.4. The van der Waals surface area contributed by atoms with Crippen LogP contribution in [0.1, 0.15) is 47.3 Å². The SMILES string of the molecule is OC(CCc1cccs1)c1ccccc1C1CC1. The second kappa shape index (κ2) is 5.25. The molecule has 0 spiro atoms. The average molecular weight is 258 g/mol. The summed E-state index contributed by atoms with van der Waals surface area (Å²) >= 11 is 1.77. The lowest BCUT2D eigenvalue weighted by molar-refractivity contribution is 0.167. The molecule has 3 rings (SSSR count). The summed E-state index contributed by atoms with van der Waals surface area (Å²) < 4.78 is 0. The van der Waals surface area contributed by atoms with E-state index in [1.54, 1.807) is 11.3 Å². The number of rotatable bonds is 5. The molecule has 0 amide bonds. The first kappa shape index (κ1) is 11.9. The highest BCUT2D eigenvalue weighted by atomic mass is 32.1. The number of thiophene rings is 1. The van der Waals surface area contributed by atoms with Crippen molar-refractivity contribution in [3.63, 3.8) is 0 Å². The Labute approximate surface area is 112 Å². The molecule has 1 N–H and O–H groups in total. The van der Waals surface area contributed by atoms with Crippen molar-refractivity contribution in [2.45, 2.75) is 37.7 Å². The molecule has 1 aromatic carbocycles. The maximum atomic E-state index is 10.4. The standard InChI is InChI=1S/C16H18OS/c17-16(10-9-13-4-3-11-18-13)15-6-2-1-5-14(15)12-7-8-12/h1-6,11-12,16-17H,7-10H2. The Kier molecular flexibility index (Phi) is 3.48. The van der Waals surface area contributed by atoms with Gasteiger partial charge in [0.1, 0.15) is 0 Å². The molecule has 1 atom stereocenters. The predicted molar refractivity (Wildman–Crippen MR) is 76.0 cm³/mol. The molecule has 18 heavy (non-hydrogen) atoms. The summed E-state index contributed by atoms with van der Waals surface area (Å²) in [6.07, 6.45) is 4.05. The summed E-state index contributed by atoms with van der Waals surface area (Å²) in [5.74, 6) is 0.706. The highest BCUT2D eigenvalue weighted by Gasteiger charge is 2.27. The minimum atomic E-state index is -0.316. The Morgan fingerprint density at radius 1 is 1.17 bits per heavy atom. The Morgan fingerprint density at radius 2 is 2.00 bits per heavy atom. The quantitative estimate of drug-likeness (QED) is 0.848. The van der Waals surface area contributed by atoms with Crippen LogP contribution in [-0.2, 0) is 6.42 Å². The molecule has 0 aliphatic heterocycles. The minimum Gasteiger partial charge on any atom is -0.388 e. The summed E-state index contributed by atoms with van der Waals surface area (Å²) in [4.78, 5) is 1.36. The molecule has 0 bridgehead atoms. The fourth-order valence-electron chi connectivity index (χ4n) is 2.47. The number of hydrogen-bond acceptors (Lipinski definition) is 2. The van der Waals surface area contributed by atoms with Crippen molar-refractivity contribution in [2.75, 3.05) is 0 Å². The summed E-state index contributed by atoms with van der Waals surface area (Å²) in [5, 5.41) is 12.5. The molecule has 2 heteroatoms. The van der Waals surface area contributed by atoms with Crippen LogP contribution in [0.3, 0.4) is 0 Å². The largest absolute Gasteiger partial charge is 0.388 e. The van der Waals surface area contributed by atoms with Crippen molar-refractivity contribution >= 4 is 11.3 Å². The molecule has 1 aromatic heterocycles. The smallest absolute Gasteiger partial charge is 0.0796 e. The highest BCUT2D eigenvalue weighted by molar-refractivity contribution is 7.09. The number of hydrogen-bond donors (Lipinski definition) is 1. The van der Waals surface area contributed by atoms with Crippen LogP contribution in [0.15, 0.2) is 41.8 Å². The second-order valence-electron chi connectivity index (χ2n) is 5.04. The molecule has 94 valence electrons. The lowest BCUT2D eigenvalue weighted by atomic mass is 9.96. The number of aryl methyl sites for hydroxylation is 1. The molecular formula is C16H18OS. The molecule has 1 nitrogen and oxygen atoms in total. The third kappa shape index (κ3) is 2.65. The number of aliphatic hydroxyl groups is 1. The van der Waals surface area contributed by atoms with E-state index in [4.69, 9.17) is 0 Å². The zero-order chi connectivity index (χ0) is 12.4. The summed E-state index contributed by atoms with van der Waals surface area (Å²) in [7, 11) is 0. The zero-order valence-electron chi connectivity index (χ0n) is 10.4. The third-order valence-electron chi connectivity index (χ3n) is 3.62. The van der Waals surface area contributed by atoms with Gasteiger partial charge in [0, 0.05) is 4.88 Å². The van der Waals surface area contributed by atoms with Crippen LogP contribution in [-0.4, -0.2) is 5.11 Å². The van der Waals surface area contributed by atoms with Gasteiger partial charge in [-0.25, -0.2) is 0 Å². The van der Waals surface area contributed by atoms with Crippen molar-refractivity contribution in [3.8, 4) is 0 Å². The van der Waals surface area contributed by atoms with Gasteiger partial charge in [0.25, 0.3) is 0 Å². The van der Waals surface area contributed by atoms with Crippen LogP contribution in [0, 0.1) is 0 Å². The predicted octanol–water partition coefficient (Wildman–Crippen LogP) is 4.29. The van der Waals surface area contributed by atoms with Crippen molar-refractivity contribution in [1.82, 2.24) is 0 Å². The lowest BCUT2D eigenvalue weighted by Crippen LogP contribution is -2.02. The Balaban J connectivity index is 1.69. The van der Waals surface area contributed by atoms with Crippen molar-refractivity contribution in [2.24, 2.45) is 0 Å². The van der Waals surface area contributed by atoms with E-state index < -0.39 is 0 Å². The third-order valence-corrected chi connectivity index (χ3v) is 4.55. The van der Waals surface area contributed by atoms with E-state index in [0.29, 0.717) is 5.92 Å². The van der Waals surface area contributed by atoms with Gasteiger partial charge in [-0.05, 0) is 54.2 Å². The molecule has 0 saturated heterocycles. The van der Waals surface area contributed by atoms with Gasteiger partial charge >= 0.3 is 0 Å². The maximum Gasteiger partial charge on any atom is 0.0796 e. The van der Waals surface area contributed by atoms with E-state index >= 15 is 0 Å². The number of aliphatic hydroxyl groups excluding tert-OH is 1. The van der Waals surface area contributed by atoms with Crippen LogP contribution in [0.5, 0.6) is 0 Å². The van der Waals surface area contributed by atoms with Crippen LogP contribution in [0.2, 0.25) is 0 Å². The van der Waals surface area contributed by atoms with Crippen molar-refractivity contribution in [1.29, 1.82) is 0 Å². The monoisotopic (exact) mass is 258 g/mol. The molecule has 1 saturated carbocycles. The van der Waals surface area contributed by atoms with E-state index in [1.165, 1.54) is 23.3 Å². The van der Waals surface area contributed by atoms with Crippen LogP contribution >= 0.6 is 11.3 Å². The summed E-state index contributed by atoms with van der Waals surface area (Å²) in [6, 6.07) is 12.6. The van der Waals surface area contributed by atoms with Gasteiger partial charge in [-0.2, -0.15) is 0 Å². The Morgan fingerprint density at radius 3 is 2.72 bits per heavy atom. The van der Waals surface area contributed by atoms with Gasteiger partial charge < -0.3 is 5.11 Å². The van der Waals surface area contributed by atoms with Gasteiger partial charge in [0.05, 0.1) is 6.10 Å². The highest BCUT2D eigenvalue weighted by Crippen LogP contribution is 2.43. The molecule has 1 aliphatic rings. The lowest BCUT2D eigenvalue weighted by Gasteiger charge is -2.15. The summed E-state index contributed by atoms with van der Waals surface area (Å²) in [6.45, 7) is 0. The van der Waals surface area contributed by atoms with E-state index in [9.17, 15) is 5.11 Å². The van der Waals surface area contributed by atoms with Gasteiger partial charge in [-0.15, -0.1) is 11.3 Å². The fraction of sp³-hybridized carbons (Fsp3) is 0.375. The summed E-state index contributed by atoms with van der Waals surface area (Å²) in [5.41, 5.74) is 2.52. The van der Waals surface area contributed by atoms with Gasteiger partial charge in [-0.3, -0.25) is 0 Å². The molecule has 1 heterocycles. The molecule has 1 fully saturated rings. The first-order valence-electron chi connectivity index (χ1n) is 6.64. The molecule has 2 aromatic rings. The average Bonchev–Trinajstić information content (AvgIpc) is 3.13. The van der Waals surface area contributed by atoms with Crippen molar-refractivity contribution in [3.05, 3.63) is 57.8 Å². The first-order valence-corrected chi connectivity index (χ1v) is 7.52. The topological polar surface area (TPSA) is 20.2 Å². The Hall–Kier alpha value is -1.12. The van der Waals surface area contributed by atoms with Gasteiger partial charge in [0.15, 0.2) is 0 Å². The van der Waals surface area contributed by atoms with Crippen molar-refractivity contribution < 1.29 is 5.11 Å². The zero-order valence-corrected chi connectivity index (χ0v) is 11.2. The fourth-order valence-corrected chi connectivity index (χ4v) is 3.19. The van der Waals surface area contributed by atoms with E-state index in [2.05, 4.69) is 35.7 Å². The van der Waals surface area contributed by atoms with E-state index in [0.717, 1.165) is 18.4 Å². The van der Waals surface area contributed by atoms with Crippen LogP contribution in [0.25, 0.3) is 0 Å². The molecule has 0 radical (unpaired) electrons. The van der Waals surface area contributed by atoms with Gasteiger partial charge in [-0.1, -0.05) is 30.3 Å².